The van der Waals surface area contributed by atoms with E-state index in [0.717, 1.165) is 12.1 Å². The first-order chi connectivity index (χ1) is 15.5. The Morgan fingerprint density at radius 1 is 0.750 bits per heavy atom. The fourth-order valence-corrected chi connectivity index (χ4v) is 3.61. The number of nitrogens with one attached hydrogen (secondary N) is 1. The lowest BCUT2D eigenvalue weighted by Crippen LogP contribution is -2.32. The minimum atomic E-state index is -0.412. The average molecular weight is 428 g/mol. The average Bonchev–Trinajstić information content (AvgIpc) is 3.08. The number of carbonyl (C=O) groups excluding carboxylic acids is 2. The molecule has 0 fully saturated rings. The van der Waals surface area contributed by atoms with Crippen molar-refractivity contribution in [3.63, 3.8) is 0 Å². The number of rotatable bonds is 7. The van der Waals surface area contributed by atoms with E-state index in [1.807, 2.05) is 24.3 Å². The molecule has 0 unspecified atom stereocenters. The molecule has 6 nitrogen and oxygen atoms in total. The van der Waals surface area contributed by atoms with E-state index in [4.69, 9.17) is 9.47 Å². The lowest BCUT2D eigenvalue weighted by molar-refractivity contribution is -0.120. The molecule has 3 aromatic carbocycles. The van der Waals surface area contributed by atoms with Gasteiger partial charge in [-0.25, -0.2) is 4.90 Å². The fraction of sp³-hybridized carbons (Fsp3) is 0.154. The van der Waals surface area contributed by atoms with Crippen molar-refractivity contribution >= 4 is 28.8 Å². The van der Waals surface area contributed by atoms with E-state index in [1.165, 1.54) is 10.5 Å². The first-order valence-electron chi connectivity index (χ1n) is 10.3. The van der Waals surface area contributed by atoms with Crippen LogP contribution in [0.3, 0.4) is 0 Å². The number of hydrogen-bond acceptors (Lipinski definition) is 5. The molecular weight excluding hydrogens is 404 g/mol. The predicted molar refractivity (Wildman–Crippen MR) is 125 cm³/mol. The van der Waals surface area contributed by atoms with Crippen molar-refractivity contribution in [1.82, 2.24) is 0 Å². The summed E-state index contributed by atoms with van der Waals surface area (Å²) in [5.74, 6) is 0.511. The molecule has 0 aromatic heterocycles. The SMILES string of the molecule is CCc1ccc(NC2=C(c3ccc(OC)cc3)C(=O)N(c3ccc(OC)cc3)C2=O)cc1. The molecule has 1 N–H and O–H groups in total. The Kier molecular flexibility index (Phi) is 5.94. The lowest BCUT2D eigenvalue weighted by Gasteiger charge is -2.16. The number of benzene rings is 3. The maximum atomic E-state index is 13.5. The molecule has 1 aliphatic heterocycles. The quantitative estimate of drug-likeness (QED) is 0.554. The Labute approximate surface area is 187 Å². The molecule has 1 heterocycles. The Balaban J connectivity index is 1.76. The van der Waals surface area contributed by atoms with E-state index in [-0.39, 0.29) is 5.70 Å². The minimum Gasteiger partial charge on any atom is -0.497 e. The lowest BCUT2D eigenvalue weighted by atomic mass is 10.0. The van der Waals surface area contributed by atoms with Gasteiger partial charge in [-0.1, -0.05) is 31.2 Å². The minimum absolute atomic E-state index is 0.236. The molecule has 0 radical (unpaired) electrons. The van der Waals surface area contributed by atoms with Gasteiger partial charge in [-0.05, 0) is 66.1 Å². The first-order valence-corrected chi connectivity index (χ1v) is 10.3. The second-order valence-corrected chi connectivity index (χ2v) is 7.30. The van der Waals surface area contributed by atoms with Crippen molar-refractivity contribution in [2.45, 2.75) is 13.3 Å². The van der Waals surface area contributed by atoms with Crippen LogP contribution >= 0.6 is 0 Å². The predicted octanol–water partition coefficient (Wildman–Crippen LogP) is 4.66. The number of ether oxygens (including phenoxy) is 2. The molecule has 4 rings (SSSR count). The van der Waals surface area contributed by atoms with Gasteiger partial charge < -0.3 is 14.8 Å². The number of carbonyl (C=O) groups is 2. The summed E-state index contributed by atoms with van der Waals surface area (Å²) in [6.07, 6.45) is 0.919. The summed E-state index contributed by atoms with van der Waals surface area (Å²) in [6.45, 7) is 2.08. The molecule has 0 saturated heterocycles. The molecule has 0 atom stereocenters. The summed E-state index contributed by atoms with van der Waals surface area (Å²) in [4.78, 5) is 28.1. The van der Waals surface area contributed by atoms with Crippen LogP contribution in [0.15, 0.2) is 78.5 Å². The molecule has 6 heteroatoms. The van der Waals surface area contributed by atoms with Crippen LogP contribution in [0, 0.1) is 0 Å². The largest absolute Gasteiger partial charge is 0.497 e. The third-order valence-corrected chi connectivity index (χ3v) is 5.42. The van der Waals surface area contributed by atoms with Crippen molar-refractivity contribution in [3.8, 4) is 11.5 Å². The van der Waals surface area contributed by atoms with Gasteiger partial charge in [0, 0.05) is 5.69 Å². The van der Waals surface area contributed by atoms with Crippen molar-refractivity contribution < 1.29 is 19.1 Å². The molecule has 3 aromatic rings. The number of hydrogen-bond donors (Lipinski definition) is 1. The van der Waals surface area contributed by atoms with Gasteiger partial charge in [0.2, 0.25) is 0 Å². The van der Waals surface area contributed by atoms with Gasteiger partial charge in [0.15, 0.2) is 0 Å². The third-order valence-electron chi connectivity index (χ3n) is 5.42. The standard InChI is InChI=1S/C26H24N2O4/c1-4-17-5-9-19(10-6-17)27-24-23(18-7-13-21(31-2)14-8-18)25(29)28(26(24)30)20-11-15-22(32-3)16-12-20/h5-16,27H,4H2,1-3H3. The van der Waals surface area contributed by atoms with Crippen LogP contribution in [-0.4, -0.2) is 26.0 Å². The van der Waals surface area contributed by atoms with E-state index in [9.17, 15) is 9.59 Å². The molecule has 0 spiro atoms. The van der Waals surface area contributed by atoms with Gasteiger partial charge in [0.1, 0.15) is 17.2 Å². The van der Waals surface area contributed by atoms with Gasteiger partial charge in [0.05, 0.1) is 25.5 Å². The van der Waals surface area contributed by atoms with Gasteiger partial charge in [-0.15, -0.1) is 0 Å². The Hall–Kier alpha value is -4.06. The molecular formula is C26H24N2O4. The van der Waals surface area contributed by atoms with Gasteiger partial charge in [-0.2, -0.15) is 0 Å². The summed E-state index contributed by atoms with van der Waals surface area (Å²) < 4.78 is 10.4. The summed E-state index contributed by atoms with van der Waals surface area (Å²) in [5, 5.41) is 3.18. The van der Waals surface area contributed by atoms with Crippen LogP contribution in [0.5, 0.6) is 11.5 Å². The topological polar surface area (TPSA) is 67.9 Å². The van der Waals surface area contributed by atoms with E-state index < -0.39 is 11.8 Å². The summed E-state index contributed by atoms with van der Waals surface area (Å²) >= 11 is 0. The monoisotopic (exact) mass is 428 g/mol. The zero-order chi connectivity index (χ0) is 22.7. The number of methoxy groups -OCH3 is 2. The molecule has 162 valence electrons. The van der Waals surface area contributed by atoms with Crippen LogP contribution in [0.4, 0.5) is 11.4 Å². The number of nitrogens with zero attached hydrogens (tertiary/aromatic N) is 1. The molecule has 0 aliphatic carbocycles. The van der Waals surface area contributed by atoms with Crippen LogP contribution in [-0.2, 0) is 16.0 Å². The number of aryl methyl sites for hydroxylation is 1. The summed E-state index contributed by atoms with van der Waals surface area (Å²) in [7, 11) is 3.15. The highest BCUT2D eigenvalue weighted by atomic mass is 16.5. The van der Waals surface area contributed by atoms with Crippen LogP contribution in [0.25, 0.3) is 5.57 Å². The second kappa shape index (κ2) is 8.98. The first kappa shape index (κ1) is 21.2. The van der Waals surface area contributed by atoms with Crippen molar-refractivity contribution in [2.24, 2.45) is 0 Å². The maximum Gasteiger partial charge on any atom is 0.282 e. The Morgan fingerprint density at radius 3 is 1.84 bits per heavy atom. The van der Waals surface area contributed by atoms with E-state index in [1.54, 1.807) is 62.8 Å². The zero-order valence-corrected chi connectivity index (χ0v) is 18.2. The van der Waals surface area contributed by atoms with E-state index >= 15 is 0 Å². The summed E-state index contributed by atoms with van der Waals surface area (Å²) in [5.41, 5.74) is 3.58. The summed E-state index contributed by atoms with van der Waals surface area (Å²) in [6, 6.07) is 21.7. The van der Waals surface area contributed by atoms with Gasteiger partial charge >= 0.3 is 0 Å². The fourth-order valence-electron chi connectivity index (χ4n) is 3.61. The second-order valence-electron chi connectivity index (χ2n) is 7.30. The van der Waals surface area contributed by atoms with Crippen LogP contribution in [0.1, 0.15) is 18.1 Å². The third kappa shape index (κ3) is 3.95. The molecule has 1 aliphatic rings. The maximum absolute atomic E-state index is 13.5. The van der Waals surface area contributed by atoms with Gasteiger partial charge in [-0.3, -0.25) is 9.59 Å². The van der Waals surface area contributed by atoms with Crippen molar-refractivity contribution in [3.05, 3.63) is 89.6 Å². The molecule has 0 saturated carbocycles. The zero-order valence-electron chi connectivity index (χ0n) is 18.2. The van der Waals surface area contributed by atoms with Crippen molar-refractivity contribution in [1.29, 1.82) is 0 Å². The molecule has 0 bridgehead atoms. The van der Waals surface area contributed by atoms with Crippen molar-refractivity contribution in [2.75, 3.05) is 24.4 Å². The van der Waals surface area contributed by atoms with Crippen LogP contribution < -0.4 is 19.7 Å². The molecule has 32 heavy (non-hydrogen) atoms. The highest BCUT2D eigenvalue weighted by molar-refractivity contribution is 6.46. The van der Waals surface area contributed by atoms with Crippen LogP contribution in [0.2, 0.25) is 0 Å². The molecule has 2 amide bonds. The van der Waals surface area contributed by atoms with E-state index in [2.05, 4.69) is 12.2 Å². The highest BCUT2D eigenvalue weighted by Crippen LogP contribution is 2.35. The smallest absolute Gasteiger partial charge is 0.282 e. The van der Waals surface area contributed by atoms with E-state index in [0.29, 0.717) is 28.3 Å². The van der Waals surface area contributed by atoms with Gasteiger partial charge in [0.25, 0.3) is 11.8 Å². The highest BCUT2D eigenvalue weighted by Gasteiger charge is 2.40. The number of anilines is 2. The number of imide groups is 1. The Morgan fingerprint density at radius 2 is 1.31 bits per heavy atom. The Bertz CT molecular complexity index is 1160. The normalized spacial score (nSPS) is 13.5. The number of amides is 2.